The van der Waals surface area contributed by atoms with Gasteiger partial charge in [-0.3, -0.25) is 0 Å². The monoisotopic (exact) mass is 477 g/mol. The third-order valence-corrected chi connectivity index (χ3v) is 6.69. The van der Waals surface area contributed by atoms with Gasteiger partial charge in [0.05, 0.1) is 0 Å². The molecule has 6 nitrogen and oxygen atoms in total. The number of nitrogens with one attached hydrogen (secondary N) is 1. The molecule has 178 valence electrons. The fourth-order valence-electron chi connectivity index (χ4n) is 4.35. The van der Waals surface area contributed by atoms with Crippen molar-refractivity contribution in [3.05, 3.63) is 81.3 Å². The molecule has 34 heavy (non-hydrogen) atoms. The average Bonchev–Trinajstić information content (AvgIpc) is 3.06. The number of rotatable bonds is 4. The molecule has 0 radical (unpaired) electrons. The van der Waals surface area contributed by atoms with Gasteiger partial charge in [-0.2, -0.15) is 0 Å². The van der Waals surface area contributed by atoms with E-state index in [-0.39, 0.29) is 6.03 Å². The van der Waals surface area contributed by atoms with Crippen molar-refractivity contribution in [1.29, 1.82) is 0 Å². The van der Waals surface area contributed by atoms with E-state index >= 15 is 0 Å². The first-order valence-corrected chi connectivity index (χ1v) is 12.1. The van der Waals surface area contributed by atoms with Crippen LogP contribution in [0.4, 0.5) is 16.3 Å². The number of halogens is 1. The van der Waals surface area contributed by atoms with Gasteiger partial charge in [0, 0.05) is 54.6 Å². The molecule has 0 bridgehead atoms. The number of amides is 2. The molecule has 0 saturated carbocycles. The van der Waals surface area contributed by atoms with Gasteiger partial charge in [0.1, 0.15) is 11.6 Å². The number of hydrogen-bond acceptors (Lipinski definition) is 4. The lowest BCUT2D eigenvalue weighted by molar-refractivity contribution is 0.215. The molecule has 2 aromatic carbocycles. The summed E-state index contributed by atoms with van der Waals surface area (Å²) in [6.45, 7) is 11.0. The fourth-order valence-corrected chi connectivity index (χ4v) is 4.47. The first-order valence-electron chi connectivity index (χ1n) is 11.8. The predicted molar refractivity (Wildman–Crippen MR) is 139 cm³/mol. The lowest BCUT2D eigenvalue weighted by Crippen LogP contribution is -2.38. The zero-order chi connectivity index (χ0) is 24.2. The quantitative estimate of drug-likeness (QED) is 0.523. The van der Waals surface area contributed by atoms with E-state index in [1.54, 1.807) is 0 Å². The van der Waals surface area contributed by atoms with Gasteiger partial charge >= 0.3 is 6.03 Å². The molecule has 1 N–H and O–H groups in total. The molecule has 3 aromatic rings. The van der Waals surface area contributed by atoms with Crippen LogP contribution < -0.4 is 10.2 Å². The average molecular weight is 478 g/mol. The zero-order valence-corrected chi connectivity index (χ0v) is 21.1. The van der Waals surface area contributed by atoms with Crippen LogP contribution in [-0.4, -0.2) is 47.1 Å². The Labute approximate surface area is 207 Å². The second-order valence-corrected chi connectivity index (χ2v) is 9.45. The lowest BCUT2D eigenvalue weighted by Gasteiger charge is -2.26. The van der Waals surface area contributed by atoms with Crippen molar-refractivity contribution in [2.24, 2.45) is 0 Å². The van der Waals surface area contributed by atoms with Gasteiger partial charge in [-0.1, -0.05) is 29.8 Å². The van der Waals surface area contributed by atoms with Crippen LogP contribution in [0.5, 0.6) is 0 Å². The van der Waals surface area contributed by atoms with Crippen LogP contribution in [0.25, 0.3) is 0 Å². The minimum Gasteiger partial charge on any atom is -0.354 e. The summed E-state index contributed by atoms with van der Waals surface area (Å²) in [6.07, 6.45) is 1.62. The Hall–Kier alpha value is -3.12. The number of carbonyl (C=O) groups is 1. The number of urea groups is 1. The lowest BCUT2D eigenvalue weighted by atomic mass is 10.0. The van der Waals surface area contributed by atoms with Crippen molar-refractivity contribution < 1.29 is 4.79 Å². The highest BCUT2D eigenvalue weighted by molar-refractivity contribution is 6.30. The van der Waals surface area contributed by atoms with E-state index in [0.29, 0.717) is 13.1 Å². The molecule has 1 saturated heterocycles. The summed E-state index contributed by atoms with van der Waals surface area (Å²) < 4.78 is 0. The summed E-state index contributed by atoms with van der Waals surface area (Å²) in [5, 5.41) is 3.79. The maximum atomic E-state index is 13.0. The topological polar surface area (TPSA) is 61.4 Å². The minimum absolute atomic E-state index is 0.0541. The Morgan fingerprint density at radius 3 is 2.44 bits per heavy atom. The van der Waals surface area contributed by atoms with Crippen LogP contribution >= 0.6 is 11.6 Å². The molecule has 0 atom stereocenters. The van der Waals surface area contributed by atoms with E-state index in [4.69, 9.17) is 16.6 Å². The van der Waals surface area contributed by atoms with Gasteiger partial charge in [-0.25, -0.2) is 14.8 Å². The Kier molecular flexibility index (Phi) is 7.37. The Morgan fingerprint density at radius 1 is 0.941 bits per heavy atom. The van der Waals surface area contributed by atoms with Crippen LogP contribution in [0.3, 0.4) is 0 Å². The van der Waals surface area contributed by atoms with Crippen LogP contribution in [0.1, 0.15) is 40.2 Å². The summed E-state index contributed by atoms with van der Waals surface area (Å²) in [4.78, 5) is 26.6. The number of aryl methyl sites for hydroxylation is 4. The van der Waals surface area contributed by atoms with Gasteiger partial charge in [0.2, 0.25) is 0 Å². The largest absolute Gasteiger partial charge is 0.354 e. The Balaban J connectivity index is 1.49. The van der Waals surface area contributed by atoms with Gasteiger partial charge < -0.3 is 15.1 Å². The van der Waals surface area contributed by atoms with E-state index in [9.17, 15) is 4.79 Å². The van der Waals surface area contributed by atoms with Crippen LogP contribution in [0.2, 0.25) is 5.02 Å². The molecule has 1 aromatic heterocycles. The second-order valence-electron chi connectivity index (χ2n) is 9.02. The molecule has 0 unspecified atom stereocenters. The van der Waals surface area contributed by atoms with E-state index in [2.05, 4.69) is 29.0 Å². The number of aromatic nitrogens is 2. The molecule has 1 fully saturated rings. The highest BCUT2D eigenvalue weighted by Gasteiger charge is 2.23. The zero-order valence-electron chi connectivity index (χ0n) is 20.4. The van der Waals surface area contributed by atoms with E-state index in [1.807, 2.05) is 61.2 Å². The van der Waals surface area contributed by atoms with Gasteiger partial charge in [-0.15, -0.1) is 0 Å². The number of hydrogen-bond donors (Lipinski definition) is 1. The smallest absolute Gasteiger partial charge is 0.321 e. The van der Waals surface area contributed by atoms with E-state index in [1.165, 1.54) is 16.7 Å². The highest BCUT2D eigenvalue weighted by Crippen LogP contribution is 2.26. The Morgan fingerprint density at radius 2 is 1.71 bits per heavy atom. The molecule has 1 aliphatic rings. The third-order valence-electron chi connectivity index (χ3n) is 6.44. The highest BCUT2D eigenvalue weighted by atomic mass is 35.5. The standard InChI is InChI=1S/C27H32ClN5O/c1-18-6-11-24(16-19(18)2)31-27(34)33-13-5-12-32(14-15-33)26-25(20(3)29-21(4)30-26)17-22-7-9-23(28)10-8-22/h6-11,16H,5,12-15,17H2,1-4H3,(H,31,34). The summed E-state index contributed by atoms with van der Waals surface area (Å²) in [5.74, 6) is 1.73. The molecule has 7 heteroatoms. The maximum absolute atomic E-state index is 13.0. The maximum Gasteiger partial charge on any atom is 0.321 e. The number of anilines is 2. The molecular formula is C27H32ClN5O. The van der Waals surface area contributed by atoms with Crippen LogP contribution in [0.15, 0.2) is 42.5 Å². The van der Waals surface area contributed by atoms with E-state index < -0.39 is 0 Å². The van der Waals surface area contributed by atoms with Crippen LogP contribution in [-0.2, 0) is 6.42 Å². The van der Waals surface area contributed by atoms with Gasteiger partial charge in [0.15, 0.2) is 0 Å². The third kappa shape index (κ3) is 5.68. The fraction of sp³-hybridized carbons (Fsp3) is 0.370. The summed E-state index contributed by atoms with van der Waals surface area (Å²) >= 11 is 6.07. The van der Waals surface area contributed by atoms with Crippen LogP contribution in [0, 0.1) is 27.7 Å². The molecule has 0 spiro atoms. The first-order chi connectivity index (χ1) is 16.3. The number of carbonyl (C=O) groups excluding carboxylic acids is 1. The van der Waals surface area contributed by atoms with Crippen molar-refractivity contribution in [3.63, 3.8) is 0 Å². The molecule has 2 amide bonds. The second kappa shape index (κ2) is 10.4. The molecular weight excluding hydrogens is 446 g/mol. The summed E-state index contributed by atoms with van der Waals surface area (Å²) in [7, 11) is 0. The van der Waals surface area contributed by atoms with Crippen molar-refractivity contribution >= 4 is 29.1 Å². The summed E-state index contributed by atoms with van der Waals surface area (Å²) in [6, 6.07) is 13.9. The minimum atomic E-state index is -0.0541. The van der Waals surface area contributed by atoms with Gasteiger partial charge in [0.25, 0.3) is 0 Å². The number of nitrogens with zero attached hydrogens (tertiary/aromatic N) is 4. The normalized spacial score (nSPS) is 14.1. The number of benzene rings is 2. The Bertz CT molecular complexity index is 1180. The molecule has 1 aliphatic heterocycles. The SMILES string of the molecule is Cc1nc(C)c(Cc2ccc(Cl)cc2)c(N2CCCN(C(=O)Nc3ccc(C)c(C)c3)CC2)n1. The van der Waals surface area contributed by atoms with Crippen molar-refractivity contribution in [2.45, 2.75) is 40.5 Å². The van der Waals surface area contributed by atoms with Crippen molar-refractivity contribution in [2.75, 3.05) is 36.4 Å². The van der Waals surface area contributed by atoms with Crippen molar-refractivity contribution in [3.8, 4) is 0 Å². The summed E-state index contributed by atoms with van der Waals surface area (Å²) in [5.41, 5.74) is 6.51. The first kappa shape index (κ1) is 24.0. The van der Waals surface area contributed by atoms with E-state index in [0.717, 1.165) is 59.5 Å². The molecule has 0 aliphatic carbocycles. The molecule has 2 heterocycles. The predicted octanol–water partition coefficient (Wildman–Crippen LogP) is 5.70. The van der Waals surface area contributed by atoms with Gasteiger partial charge in [-0.05, 0) is 75.1 Å². The molecule has 4 rings (SSSR count). The van der Waals surface area contributed by atoms with Crippen molar-refractivity contribution in [1.82, 2.24) is 14.9 Å².